The molecule has 13 heavy (non-hydrogen) atoms. The van der Waals surface area contributed by atoms with Crippen molar-refractivity contribution in [2.45, 2.75) is 25.9 Å². The van der Waals surface area contributed by atoms with E-state index in [1.807, 2.05) is 0 Å². The van der Waals surface area contributed by atoms with Gasteiger partial charge in [-0.2, -0.15) is 0 Å². The molecule has 1 heterocycles. The Hall–Kier alpha value is -0.310. The van der Waals surface area contributed by atoms with Crippen LogP contribution < -0.4 is 0 Å². The van der Waals surface area contributed by atoms with Gasteiger partial charge >= 0.3 is 0 Å². The van der Waals surface area contributed by atoms with Crippen LogP contribution in [0.1, 0.15) is 18.9 Å². The molecule has 0 radical (unpaired) electrons. The van der Waals surface area contributed by atoms with Crippen molar-refractivity contribution in [3.8, 4) is 0 Å². The maximum atomic E-state index is 9.07. The zero-order valence-electron chi connectivity index (χ0n) is 7.30. The smallest absolute Gasteiger partial charge is 0.131 e. The summed E-state index contributed by atoms with van der Waals surface area (Å²) in [6, 6.07) is 3.52. The summed E-state index contributed by atoms with van der Waals surface area (Å²) in [5.74, 6) is 0. The predicted octanol–water partition coefficient (Wildman–Crippen LogP) is 2.70. The lowest BCUT2D eigenvalue weighted by molar-refractivity contribution is 0.185. The number of hydrogen-bond donors (Lipinski definition) is 1. The maximum Gasteiger partial charge on any atom is 0.131 e. The number of hydrogen-bond acceptors (Lipinski definition) is 2. The molecular formula is C9H11Cl2NO. The Morgan fingerprint density at radius 3 is 2.38 bits per heavy atom. The molecule has 0 aliphatic heterocycles. The first-order valence-electron chi connectivity index (χ1n) is 4.08. The molecule has 0 aliphatic rings. The Labute approximate surface area is 87.5 Å². The Kier molecular flexibility index (Phi) is 3.97. The van der Waals surface area contributed by atoms with E-state index < -0.39 is 0 Å². The SMILES string of the molecule is C[C@@H](O)CCc1cc(Cl)nc(Cl)c1. The number of nitrogens with zero attached hydrogens (tertiary/aromatic N) is 1. The lowest BCUT2D eigenvalue weighted by atomic mass is 10.1. The van der Waals surface area contributed by atoms with Crippen LogP contribution in [0.3, 0.4) is 0 Å². The van der Waals surface area contributed by atoms with Gasteiger partial charge in [-0.3, -0.25) is 0 Å². The van der Waals surface area contributed by atoms with Gasteiger partial charge in [0.1, 0.15) is 10.3 Å². The van der Waals surface area contributed by atoms with Gasteiger partial charge in [-0.25, -0.2) is 4.98 Å². The Morgan fingerprint density at radius 1 is 1.38 bits per heavy atom. The number of aromatic nitrogens is 1. The van der Waals surface area contributed by atoms with Crippen molar-refractivity contribution < 1.29 is 5.11 Å². The largest absolute Gasteiger partial charge is 0.393 e. The summed E-state index contributed by atoms with van der Waals surface area (Å²) in [5.41, 5.74) is 1.01. The number of pyridine rings is 1. The second-order valence-electron chi connectivity index (χ2n) is 3.01. The fraction of sp³-hybridized carbons (Fsp3) is 0.444. The molecule has 72 valence electrons. The van der Waals surface area contributed by atoms with E-state index in [0.717, 1.165) is 12.0 Å². The standard InChI is InChI=1S/C9H11Cl2NO/c1-6(13)2-3-7-4-8(10)12-9(11)5-7/h4-6,13H,2-3H2,1H3/t6-/m1/s1. The lowest BCUT2D eigenvalue weighted by Gasteiger charge is -2.04. The van der Waals surface area contributed by atoms with Gasteiger partial charge in [0.25, 0.3) is 0 Å². The molecule has 2 nitrogen and oxygen atoms in total. The molecule has 1 rings (SSSR count). The first kappa shape index (κ1) is 10.8. The summed E-state index contributed by atoms with van der Waals surface area (Å²) in [6.07, 6.45) is 1.17. The van der Waals surface area contributed by atoms with Gasteiger partial charge in [0.05, 0.1) is 6.10 Å². The molecule has 1 aromatic rings. The third kappa shape index (κ3) is 3.94. The van der Waals surface area contributed by atoms with Crippen LogP contribution in [0.25, 0.3) is 0 Å². The molecule has 0 amide bonds. The monoisotopic (exact) mass is 219 g/mol. The van der Waals surface area contributed by atoms with Crippen LogP contribution in [-0.4, -0.2) is 16.2 Å². The minimum absolute atomic E-state index is 0.300. The number of aliphatic hydroxyl groups is 1. The molecule has 1 atom stereocenters. The van der Waals surface area contributed by atoms with Crippen molar-refractivity contribution >= 4 is 23.2 Å². The molecule has 0 bridgehead atoms. The van der Waals surface area contributed by atoms with Gasteiger partial charge in [-0.15, -0.1) is 0 Å². The fourth-order valence-corrected chi connectivity index (χ4v) is 1.54. The summed E-state index contributed by atoms with van der Waals surface area (Å²) in [4.78, 5) is 3.83. The van der Waals surface area contributed by atoms with Crippen molar-refractivity contribution in [1.29, 1.82) is 0 Å². The van der Waals surface area contributed by atoms with Crippen LogP contribution >= 0.6 is 23.2 Å². The summed E-state index contributed by atoms with van der Waals surface area (Å²) in [7, 11) is 0. The van der Waals surface area contributed by atoms with Gasteiger partial charge in [0, 0.05) is 0 Å². The average molecular weight is 220 g/mol. The van der Waals surface area contributed by atoms with Gasteiger partial charge in [0.2, 0.25) is 0 Å². The van der Waals surface area contributed by atoms with Gasteiger partial charge in [-0.05, 0) is 37.5 Å². The van der Waals surface area contributed by atoms with Crippen molar-refractivity contribution in [2.75, 3.05) is 0 Å². The second-order valence-corrected chi connectivity index (χ2v) is 3.78. The minimum atomic E-state index is -0.300. The Morgan fingerprint density at radius 2 is 1.92 bits per heavy atom. The van der Waals surface area contributed by atoms with E-state index in [1.165, 1.54) is 0 Å². The molecule has 4 heteroatoms. The quantitative estimate of drug-likeness (QED) is 0.794. The van der Waals surface area contributed by atoms with Crippen molar-refractivity contribution in [3.05, 3.63) is 28.0 Å². The lowest BCUT2D eigenvalue weighted by Crippen LogP contribution is -2.01. The molecule has 0 saturated carbocycles. The second kappa shape index (κ2) is 4.80. The van der Waals surface area contributed by atoms with Gasteiger partial charge in [0.15, 0.2) is 0 Å². The third-order valence-corrected chi connectivity index (χ3v) is 2.06. The first-order chi connectivity index (χ1) is 6.08. The topological polar surface area (TPSA) is 33.1 Å². The van der Waals surface area contributed by atoms with Crippen LogP contribution in [0.4, 0.5) is 0 Å². The minimum Gasteiger partial charge on any atom is -0.393 e. The summed E-state index contributed by atoms with van der Waals surface area (Å²) in [6.45, 7) is 1.75. The number of rotatable bonds is 3. The number of halogens is 2. The highest BCUT2D eigenvalue weighted by atomic mass is 35.5. The van der Waals surface area contributed by atoms with Crippen LogP contribution in [0.5, 0.6) is 0 Å². The van der Waals surface area contributed by atoms with Gasteiger partial charge < -0.3 is 5.11 Å². The van der Waals surface area contributed by atoms with Crippen molar-refractivity contribution in [1.82, 2.24) is 4.98 Å². The van der Waals surface area contributed by atoms with E-state index in [4.69, 9.17) is 28.3 Å². The Balaban J connectivity index is 2.66. The summed E-state index contributed by atoms with van der Waals surface area (Å²) in [5, 5.41) is 9.86. The third-order valence-electron chi connectivity index (χ3n) is 1.67. The normalized spacial score (nSPS) is 12.9. The first-order valence-corrected chi connectivity index (χ1v) is 4.83. The highest BCUT2D eigenvalue weighted by Crippen LogP contribution is 2.16. The zero-order valence-corrected chi connectivity index (χ0v) is 8.81. The van der Waals surface area contributed by atoms with Crippen LogP contribution in [-0.2, 0) is 6.42 Å². The maximum absolute atomic E-state index is 9.07. The number of aryl methyl sites for hydroxylation is 1. The average Bonchev–Trinajstić information content (AvgIpc) is 1.99. The van der Waals surface area contributed by atoms with E-state index in [9.17, 15) is 0 Å². The zero-order chi connectivity index (χ0) is 9.84. The van der Waals surface area contributed by atoms with Crippen molar-refractivity contribution in [2.24, 2.45) is 0 Å². The van der Waals surface area contributed by atoms with E-state index in [-0.39, 0.29) is 6.10 Å². The summed E-state index contributed by atoms with van der Waals surface area (Å²) >= 11 is 11.4. The molecule has 0 saturated heterocycles. The molecule has 0 spiro atoms. The molecule has 0 unspecified atom stereocenters. The molecular weight excluding hydrogens is 209 g/mol. The van der Waals surface area contributed by atoms with Gasteiger partial charge in [-0.1, -0.05) is 23.2 Å². The number of aliphatic hydroxyl groups excluding tert-OH is 1. The Bertz CT molecular complexity index is 269. The van der Waals surface area contributed by atoms with E-state index in [1.54, 1.807) is 19.1 Å². The molecule has 0 fully saturated rings. The molecule has 0 aromatic carbocycles. The molecule has 0 aliphatic carbocycles. The van der Waals surface area contributed by atoms with E-state index in [0.29, 0.717) is 16.7 Å². The van der Waals surface area contributed by atoms with Crippen LogP contribution in [0, 0.1) is 0 Å². The molecule has 1 N–H and O–H groups in total. The van der Waals surface area contributed by atoms with E-state index in [2.05, 4.69) is 4.98 Å². The highest BCUT2D eigenvalue weighted by Gasteiger charge is 2.01. The van der Waals surface area contributed by atoms with Crippen LogP contribution in [0.2, 0.25) is 10.3 Å². The summed E-state index contributed by atoms with van der Waals surface area (Å²) < 4.78 is 0. The predicted molar refractivity (Wildman–Crippen MR) is 54.3 cm³/mol. The van der Waals surface area contributed by atoms with Crippen LogP contribution in [0.15, 0.2) is 12.1 Å². The fourth-order valence-electron chi connectivity index (χ4n) is 1.03. The van der Waals surface area contributed by atoms with Crippen molar-refractivity contribution in [3.63, 3.8) is 0 Å². The molecule has 1 aromatic heterocycles. The van der Waals surface area contributed by atoms with E-state index >= 15 is 0 Å². The highest BCUT2D eigenvalue weighted by molar-refractivity contribution is 6.32.